The summed E-state index contributed by atoms with van der Waals surface area (Å²) >= 11 is 0. The van der Waals surface area contributed by atoms with Crippen molar-refractivity contribution in [3.05, 3.63) is 29.6 Å². The summed E-state index contributed by atoms with van der Waals surface area (Å²) in [6, 6.07) is 2.29. The van der Waals surface area contributed by atoms with E-state index < -0.39 is 17.6 Å². The summed E-state index contributed by atoms with van der Waals surface area (Å²) in [5.41, 5.74) is -1.03. The molecule has 0 fully saturated rings. The van der Waals surface area contributed by atoms with Gasteiger partial charge < -0.3 is 14.8 Å². The van der Waals surface area contributed by atoms with Crippen LogP contribution in [-0.2, 0) is 15.7 Å². The van der Waals surface area contributed by atoms with E-state index in [2.05, 4.69) is 5.32 Å². The summed E-state index contributed by atoms with van der Waals surface area (Å²) in [5, 5.41) is 2.63. The molecule has 1 rings (SSSR count). The Balaban J connectivity index is 2.40. The highest BCUT2D eigenvalue weighted by molar-refractivity contribution is 5.47. The molecule has 0 spiro atoms. The second-order valence-electron chi connectivity index (χ2n) is 4.08. The van der Waals surface area contributed by atoms with Gasteiger partial charge in [-0.15, -0.1) is 0 Å². The first-order valence-corrected chi connectivity index (χ1v) is 6.12. The van der Waals surface area contributed by atoms with E-state index in [1.807, 2.05) is 0 Å². The molecule has 0 bridgehead atoms. The highest BCUT2D eigenvalue weighted by atomic mass is 19.4. The zero-order valence-electron chi connectivity index (χ0n) is 11.1. The van der Waals surface area contributed by atoms with E-state index in [1.54, 1.807) is 7.11 Å². The van der Waals surface area contributed by atoms with Gasteiger partial charge in [-0.25, -0.2) is 4.39 Å². The number of halogens is 4. The number of rotatable bonds is 8. The minimum Gasteiger partial charge on any atom is -0.383 e. The Labute approximate surface area is 114 Å². The summed E-state index contributed by atoms with van der Waals surface area (Å²) in [7, 11) is 1.56. The quantitative estimate of drug-likeness (QED) is 0.589. The second-order valence-corrected chi connectivity index (χ2v) is 4.08. The third-order valence-electron chi connectivity index (χ3n) is 2.51. The zero-order valence-corrected chi connectivity index (χ0v) is 11.1. The van der Waals surface area contributed by atoms with Crippen LogP contribution in [0.15, 0.2) is 18.2 Å². The fraction of sp³-hybridized carbons (Fsp3) is 0.538. The van der Waals surface area contributed by atoms with Gasteiger partial charge >= 0.3 is 6.18 Å². The molecule has 0 saturated carbocycles. The van der Waals surface area contributed by atoms with Gasteiger partial charge in [0.15, 0.2) is 0 Å². The number of nitrogens with one attached hydrogen (secondary N) is 1. The van der Waals surface area contributed by atoms with Crippen molar-refractivity contribution in [1.82, 2.24) is 0 Å². The normalized spacial score (nSPS) is 11.7. The molecular weight excluding hydrogens is 278 g/mol. The lowest BCUT2D eigenvalue weighted by Gasteiger charge is -2.11. The van der Waals surface area contributed by atoms with Gasteiger partial charge in [0.25, 0.3) is 0 Å². The standard InChI is InChI=1S/C13H17F4NO2/c1-19-7-8-20-6-2-5-18-12-9-10(13(15,16)17)3-4-11(12)14/h3-4,9,18H,2,5-8H2,1H3. The lowest BCUT2D eigenvalue weighted by atomic mass is 10.2. The molecule has 0 aliphatic carbocycles. The Bertz CT molecular complexity index is 410. The summed E-state index contributed by atoms with van der Waals surface area (Å²) in [6.07, 6.45) is -3.92. The maximum atomic E-state index is 13.4. The molecule has 0 amide bonds. The second kappa shape index (κ2) is 8.06. The van der Waals surface area contributed by atoms with Gasteiger partial charge in [0.2, 0.25) is 0 Å². The Hall–Kier alpha value is -1.34. The Morgan fingerprint density at radius 2 is 1.90 bits per heavy atom. The van der Waals surface area contributed by atoms with Crippen molar-refractivity contribution in [3.63, 3.8) is 0 Å². The van der Waals surface area contributed by atoms with E-state index in [-0.39, 0.29) is 5.69 Å². The lowest BCUT2D eigenvalue weighted by Crippen LogP contribution is -2.11. The average Bonchev–Trinajstić information content (AvgIpc) is 2.38. The summed E-state index contributed by atoms with van der Waals surface area (Å²) in [5.74, 6) is -0.710. The largest absolute Gasteiger partial charge is 0.416 e. The van der Waals surface area contributed by atoms with Crippen molar-refractivity contribution < 1.29 is 27.0 Å². The highest BCUT2D eigenvalue weighted by Crippen LogP contribution is 2.31. The predicted molar refractivity (Wildman–Crippen MR) is 67.2 cm³/mol. The monoisotopic (exact) mass is 295 g/mol. The Morgan fingerprint density at radius 1 is 1.15 bits per heavy atom. The summed E-state index contributed by atoms with van der Waals surface area (Å²) in [6.45, 7) is 1.69. The molecule has 114 valence electrons. The molecule has 0 atom stereocenters. The van der Waals surface area contributed by atoms with E-state index in [9.17, 15) is 17.6 Å². The number of ether oxygens (including phenoxy) is 2. The van der Waals surface area contributed by atoms with Crippen molar-refractivity contribution >= 4 is 5.69 Å². The van der Waals surface area contributed by atoms with Crippen LogP contribution in [0.4, 0.5) is 23.2 Å². The summed E-state index contributed by atoms with van der Waals surface area (Å²) in [4.78, 5) is 0. The minimum absolute atomic E-state index is 0.156. The maximum Gasteiger partial charge on any atom is 0.416 e. The van der Waals surface area contributed by atoms with Gasteiger partial charge in [0.05, 0.1) is 24.5 Å². The number of anilines is 1. The average molecular weight is 295 g/mol. The number of benzene rings is 1. The van der Waals surface area contributed by atoms with Crippen LogP contribution in [-0.4, -0.2) is 33.5 Å². The Morgan fingerprint density at radius 3 is 2.55 bits per heavy atom. The van der Waals surface area contributed by atoms with Crippen LogP contribution in [0.25, 0.3) is 0 Å². The molecule has 0 aromatic heterocycles. The Kier molecular flexibility index (Phi) is 6.74. The van der Waals surface area contributed by atoms with E-state index >= 15 is 0 Å². The molecule has 0 saturated heterocycles. The first kappa shape index (κ1) is 16.7. The van der Waals surface area contributed by atoms with Crippen molar-refractivity contribution in [2.24, 2.45) is 0 Å². The highest BCUT2D eigenvalue weighted by Gasteiger charge is 2.31. The van der Waals surface area contributed by atoms with E-state index in [1.165, 1.54) is 0 Å². The van der Waals surface area contributed by atoms with Gasteiger partial charge in [-0.3, -0.25) is 0 Å². The number of methoxy groups -OCH3 is 1. The van der Waals surface area contributed by atoms with E-state index in [0.717, 1.165) is 12.1 Å². The minimum atomic E-state index is -4.48. The molecule has 0 aliphatic heterocycles. The topological polar surface area (TPSA) is 30.5 Å². The van der Waals surface area contributed by atoms with Crippen LogP contribution in [0.2, 0.25) is 0 Å². The molecular formula is C13H17F4NO2. The molecule has 0 unspecified atom stereocenters. The maximum absolute atomic E-state index is 13.4. The SMILES string of the molecule is COCCOCCCNc1cc(C(F)(F)F)ccc1F. The predicted octanol–water partition coefficient (Wildman–Crippen LogP) is 3.31. The number of alkyl halides is 3. The molecule has 0 heterocycles. The van der Waals surface area contributed by atoms with Crippen LogP contribution >= 0.6 is 0 Å². The van der Waals surface area contributed by atoms with E-state index in [4.69, 9.17) is 9.47 Å². The van der Waals surface area contributed by atoms with Crippen LogP contribution in [0, 0.1) is 5.82 Å². The van der Waals surface area contributed by atoms with Gasteiger partial charge in [-0.1, -0.05) is 0 Å². The number of hydrogen-bond donors (Lipinski definition) is 1. The molecule has 1 N–H and O–H groups in total. The smallest absolute Gasteiger partial charge is 0.383 e. The van der Waals surface area contributed by atoms with Crippen LogP contribution in [0.1, 0.15) is 12.0 Å². The lowest BCUT2D eigenvalue weighted by molar-refractivity contribution is -0.137. The first-order valence-electron chi connectivity index (χ1n) is 6.12. The molecule has 1 aromatic rings. The molecule has 0 radical (unpaired) electrons. The third kappa shape index (κ3) is 5.75. The van der Waals surface area contributed by atoms with Gasteiger partial charge in [-0.2, -0.15) is 13.2 Å². The van der Waals surface area contributed by atoms with E-state index in [0.29, 0.717) is 38.9 Å². The van der Waals surface area contributed by atoms with Crippen LogP contribution in [0.5, 0.6) is 0 Å². The molecule has 0 aliphatic rings. The third-order valence-corrected chi connectivity index (χ3v) is 2.51. The molecule has 1 aromatic carbocycles. The van der Waals surface area contributed by atoms with Crippen molar-refractivity contribution in [1.29, 1.82) is 0 Å². The zero-order chi connectivity index (χ0) is 15.0. The van der Waals surface area contributed by atoms with Crippen molar-refractivity contribution in [2.75, 3.05) is 38.8 Å². The number of hydrogen-bond acceptors (Lipinski definition) is 3. The van der Waals surface area contributed by atoms with Crippen LogP contribution in [0.3, 0.4) is 0 Å². The molecule has 7 heteroatoms. The van der Waals surface area contributed by atoms with Gasteiger partial charge in [0, 0.05) is 20.3 Å². The van der Waals surface area contributed by atoms with Crippen molar-refractivity contribution in [3.8, 4) is 0 Å². The first-order chi connectivity index (χ1) is 9.45. The van der Waals surface area contributed by atoms with Crippen LogP contribution < -0.4 is 5.32 Å². The molecule has 20 heavy (non-hydrogen) atoms. The van der Waals surface area contributed by atoms with Gasteiger partial charge in [0.1, 0.15) is 5.82 Å². The molecule has 3 nitrogen and oxygen atoms in total. The fourth-order valence-corrected chi connectivity index (χ4v) is 1.48. The van der Waals surface area contributed by atoms with Crippen molar-refractivity contribution in [2.45, 2.75) is 12.6 Å². The summed E-state index contributed by atoms with van der Waals surface area (Å²) < 4.78 is 60.8. The van der Waals surface area contributed by atoms with Gasteiger partial charge in [-0.05, 0) is 24.6 Å². The fourth-order valence-electron chi connectivity index (χ4n) is 1.48.